The highest BCUT2D eigenvalue weighted by molar-refractivity contribution is 6.02. The van der Waals surface area contributed by atoms with Crippen molar-refractivity contribution in [2.45, 2.75) is 59.0 Å². The maximum Gasteiger partial charge on any atom is 0.339 e. The Kier molecular flexibility index (Phi) is 7.64. The molecule has 1 N–H and O–H groups in total. The summed E-state index contributed by atoms with van der Waals surface area (Å²) in [6.07, 6.45) is 4.72. The lowest BCUT2D eigenvalue weighted by Crippen LogP contribution is -2.19. The number of rotatable bonds is 9. The Hall–Kier alpha value is -1.84. The third-order valence-electron chi connectivity index (χ3n) is 3.66. The quantitative estimate of drug-likeness (QED) is 0.537. The van der Waals surface area contributed by atoms with E-state index >= 15 is 0 Å². The van der Waals surface area contributed by atoms with Crippen LogP contribution >= 0.6 is 0 Å². The fourth-order valence-corrected chi connectivity index (χ4v) is 2.33. The van der Waals surface area contributed by atoms with Crippen molar-refractivity contribution >= 4 is 11.9 Å². The number of carbonyl (C=O) groups is 2. The number of carbonyl (C=O) groups excluding carboxylic acids is 1. The molecule has 0 fully saturated rings. The zero-order valence-corrected chi connectivity index (χ0v) is 13.7. The molecule has 122 valence electrons. The summed E-state index contributed by atoms with van der Waals surface area (Å²) in [7, 11) is 0. The van der Waals surface area contributed by atoms with E-state index in [1.54, 1.807) is 12.1 Å². The standard InChI is InChI=1S/C18H26O4/c1-4-14(10-6-5-9-13(2)3)22-18(21)16-12-8-7-11-15(16)17(19)20/h7-8,11-14H,4-6,9-10H2,1-3H3,(H,19,20). The van der Waals surface area contributed by atoms with Crippen LogP contribution < -0.4 is 0 Å². The normalized spacial score (nSPS) is 12.2. The van der Waals surface area contributed by atoms with Crippen LogP contribution in [0.4, 0.5) is 0 Å². The molecule has 4 nitrogen and oxygen atoms in total. The Morgan fingerprint density at radius 3 is 2.23 bits per heavy atom. The highest BCUT2D eigenvalue weighted by Crippen LogP contribution is 2.17. The minimum Gasteiger partial charge on any atom is -0.478 e. The Labute approximate surface area is 132 Å². The zero-order valence-electron chi connectivity index (χ0n) is 13.7. The molecule has 0 aromatic heterocycles. The summed E-state index contributed by atoms with van der Waals surface area (Å²) in [5, 5.41) is 9.12. The number of esters is 1. The number of unbranched alkanes of at least 4 members (excludes halogenated alkanes) is 1. The summed E-state index contributed by atoms with van der Waals surface area (Å²) < 4.78 is 5.48. The first-order valence-corrected chi connectivity index (χ1v) is 7.99. The summed E-state index contributed by atoms with van der Waals surface area (Å²) in [6, 6.07) is 6.16. The summed E-state index contributed by atoms with van der Waals surface area (Å²) >= 11 is 0. The van der Waals surface area contributed by atoms with E-state index in [-0.39, 0.29) is 17.2 Å². The molecule has 1 unspecified atom stereocenters. The predicted octanol–water partition coefficient (Wildman–Crippen LogP) is 4.54. The molecule has 0 bridgehead atoms. The minimum absolute atomic E-state index is 0.0119. The van der Waals surface area contributed by atoms with E-state index in [0.717, 1.165) is 25.7 Å². The van der Waals surface area contributed by atoms with Gasteiger partial charge in [0.2, 0.25) is 0 Å². The van der Waals surface area contributed by atoms with Gasteiger partial charge in [0.05, 0.1) is 11.1 Å². The second-order valence-corrected chi connectivity index (χ2v) is 5.96. The second-order valence-electron chi connectivity index (χ2n) is 5.96. The Balaban J connectivity index is 2.60. The predicted molar refractivity (Wildman–Crippen MR) is 86.2 cm³/mol. The molecule has 1 rings (SSSR count). The van der Waals surface area contributed by atoms with Gasteiger partial charge in [0.15, 0.2) is 0 Å². The molecule has 0 amide bonds. The van der Waals surface area contributed by atoms with Gasteiger partial charge in [0.1, 0.15) is 6.10 Å². The van der Waals surface area contributed by atoms with Crippen molar-refractivity contribution in [3.8, 4) is 0 Å². The van der Waals surface area contributed by atoms with E-state index in [9.17, 15) is 9.59 Å². The summed E-state index contributed by atoms with van der Waals surface area (Å²) in [6.45, 7) is 6.36. The molecule has 1 aromatic carbocycles. The molecule has 0 aliphatic carbocycles. The average Bonchev–Trinajstić information content (AvgIpc) is 2.49. The fourth-order valence-electron chi connectivity index (χ4n) is 2.33. The van der Waals surface area contributed by atoms with Gasteiger partial charge < -0.3 is 9.84 Å². The lowest BCUT2D eigenvalue weighted by molar-refractivity contribution is 0.0261. The van der Waals surface area contributed by atoms with Crippen molar-refractivity contribution in [1.82, 2.24) is 0 Å². The van der Waals surface area contributed by atoms with E-state index in [1.165, 1.54) is 18.6 Å². The lowest BCUT2D eigenvalue weighted by Gasteiger charge is -2.17. The minimum atomic E-state index is -1.11. The van der Waals surface area contributed by atoms with Crippen LogP contribution in [0, 0.1) is 5.92 Å². The van der Waals surface area contributed by atoms with E-state index in [0.29, 0.717) is 5.92 Å². The van der Waals surface area contributed by atoms with Gasteiger partial charge in [0, 0.05) is 0 Å². The third-order valence-corrected chi connectivity index (χ3v) is 3.66. The van der Waals surface area contributed by atoms with Crippen LogP contribution in [0.1, 0.15) is 73.6 Å². The molecule has 4 heteroatoms. The number of benzene rings is 1. The monoisotopic (exact) mass is 306 g/mol. The highest BCUT2D eigenvalue weighted by atomic mass is 16.5. The van der Waals surface area contributed by atoms with Crippen LogP contribution in [-0.2, 0) is 4.74 Å². The van der Waals surface area contributed by atoms with E-state index in [2.05, 4.69) is 13.8 Å². The maximum absolute atomic E-state index is 12.2. The van der Waals surface area contributed by atoms with Crippen LogP contribution in [0.25, 0.3) is 0 Å². The number of hydrogen-bond donors (Lipinski definition) is 1. The molecule has 1 atom stereocenters. The fraction of sp³-hybridized carbons (Fsp3) is 0.556. The van der Waals surface area contributed by atoms with E-state index in [1.807, 2.05) is 6.92 Å². The second kappa shape index (κ2) is 9.23. The number of carboxylic acid groups (broad SMARTS) is 1. The molecule has 0 radical (unpaired) electrons. The van der Waals surface area contributed by atoms with Crippen molar-refractivity contribution < 1.29 is 19.4 Å². The van der Waals surface area contributed by atoms with Crippen LogP contribution in [0.15, 0.2) is 24.3 Å². The van der Waals surface area contributed by atoms with E-state index < -0.39 is 11.9 Å². The largest absolute Gasteiger partial charge is 0.478 e. The van der Waals surface area contributed by atoms with Crippen LogP contribution in [0.3, 0.4) is 0 Å². The Morgan fingerprint density at radius 2 is 1.68 bits per heavy atom. The first-order chi connectivity index (χ1) is 10.5. The molecule has 0 saturated heterocycles. The first kappa shape index (κ1) is 18.2. The maximum atomic E-state index is 12.2. The summed E-state index contributed by atoms with van der Waals surface area (Å²) in [5.41, 5.74) is 0.109. The Morgan fingerprint density at radius 1 is 1.09 bits per heavy atom. The highest BCUT2D eigenvalue weighted by Gasteiger charge is 2.20. The topological polar surface area (TPSA) is 63.6 Å². The van der Waals surface area contributed by atoms with Gasteiger partial charge in [-0.25, -0.2) is 9.59 Å². The van der Waals surface area contributed by atoms with Crippen LogP contribution in [0.2, 0.25) is 0 Å². The molecule has 22 heavy (non-hydrogen) atoms. The van der Waals surface area contributed by atoms with Crippen molar-refractivity contribution in [1.29, 1.82) is 0 Å². The van der Waals surface area contributed by atoms with Gasteiger partial charge >= 0.3 is 11.9 Å². The van der Waals surface area contributed by atoms with Crippen LogP contribution in [0.5, 0.6) is 0 Å². The first-order valence-electron chi connectivity index (χ1n) is 7.99. The van der Waals surface area contributed by atoms with Crippen molar-refractivity contribution in [2.24, 2.45) is 5.92 Å². The molecular formula is C18H26O4. The van der Waals surface area contributed by atoms with Gasteiger partial charge in [-0.1, -0.05) is 45.7 Å². The SMILES string of the molecule is CCC(CCCCC(C)C)OC(=O)c1ccccc1C(=O)O. The van der Waals surface area contributed by atoms with Gasteiger partial charge in [-0.05, 0) is 37.3 Å². The van der Waals surface area contributed by atoms with Crippen molar-refractivity contribution in [3.05, 3.63) is 35.4 Å². The molecular weight excluding hydrogens is 280 g/mol. The number of ether oxygens (including phenoxy) is 1. The molecule has 0 heterocycles. The van der Waals surface area contributed by atoms with E-state index in [4.69, 9.17) is 9.84 Å². The summed E-state index contributed by atoms with van der Waals surface area (Å²) in [5.74, 6) is -0.976. The molecule has 0 spiro atoms. The van der Waals surface area contributed by atoms with Gasteiger partial charge in [0.25, 0.3) is 0 Å². The molecule has 0 aliphatic heterocycles. The van der Waals surface area contributed by atoms with Crippen LogP contribution in [-0.4, -0.2) is 23.1 Å². The number of aromatic carboxylic acids is 1. The summed E-state index contributed by atoms with van der Waals surface area (Å²) in [4.78, 5) is 23.3. The molecule has 0 saturated carbocycles. The zero-order chi connectivity index (χ0) is 16.5. The van der Waals surface area contributed by atoms with Crippen molar-refractivity contribution in [2.75, 3.05) is 0 Å². The molecule has 1 aromatic rings. The van der Waals surface area contributed by atoms with Crippen molar-refractivity contribution in [3.63, 3.8) is 0 Å². The number of hydrogen-bond acceptors (Lipinski definition) is 3. The average molecular weight is 306 g/mol. The van der Waals surface area contributed by atoms with Gasteiger partial charge in [-0.15, -0.1) is 0 Å². The lowest BCUT2D eigenvalue weighted by atomic mass is 10.0. The molecule has 0 aliphatic rings. The smallest absolute Gasteiger partial charge is 0.339 e. The number of carboxylic acids is 1. The van der Waals surface area contributed by atoms with Gasteiger partial charge in [-0.3, -0.25) is 0 Å². The third kappa shape index (κ3) is 5.88. The van der Waals surface area contributed by atoms with Gasteiger partial charge in [-0.2, -0.15) is 0 Å². The Bertz CT molecular complexity index is 494.